The number of carbonyl (C=O) groups is 1. The van der Waals surface area contributed by atoms with Gasteiger partial charge < -0.3 is 5.32 Å². The van der Waals surface area contributed by atoms with Crippen molar-refractivity contribution in [1.82, 2.24) is 0 Å². The van der Waals surface area contributed by atoms with Crippen LogP contribution in [-0.4, -0.2) is 14.3 Å². The van der Waals surface area contributed by atoms with Crippen LogP contribution in [0.4, 0.5) is 11.4 Å². The number of halogens is 1. The molecule has 0 saturated heterocycles. The van der Waals surface area contributed by atoms with Crippen molar-refractivity contribution < 1.29 is 13.2 Å². The fraction of sp³-hybridized carbons (Fsp3) is 0.125. The summed E-state index contributed by atoms with van der Waals surface area (Å²) in [6, 6.07) is 4.25. The van der Waals surface area contributed by atoms with Crippen molar-refractivity contribution in [2.24, 2.45) is 5.14 Å². The van der Waals surface area contributed by atoms with Gasteiger partial charge in [0.25, 0.3) is 10.2 Å². The highest BCUT2D eigenvalue weighted by molar-refractivity contribution is 7.90. The molecule has 0 heterocycles. The molecule has 0 aromatic heterocycles. The summed E-state index contributed by atoms with van der Waals surface area (Å²) in [4.78, 5) is 10.8. The van der Waals surface area contributed by atoms with Gasteiger partial charge >= 0.3 is 0 Å². The first kappa shape index (κ1) is 12.8. The molecular formula is C8H10ClN3O3S. The standard InChI is InChI=1S/C8H10ClN3O3S/c1-5(13)11-8-3-2-6(4-7(8)9)12-16(10,14)15/h2-4,12H,1H3,(H,11,13)(H2,10,14,15). The summed E-state index contributed by atoms with van der Waals surface area (Å²) >= 11 is 5.81. The van der Waals surface area contributed by atoms with Crippen LogP contribution >= 0.6 is 11.6 Å². The van der Waals surface area contributed by atoms with E-state index in [9.17, 15) is 13.2 Å². The fourth-order valence-corrected chi connectivity index (χ4v) is 1.72. The second-order valence-electron chi connectivity index (χ2n) is 3.02. The minimum atomic E-state index is -3.83. The molecule has 0 saturated carbocycles. The first-order chi connectivity index (χ1) is 7.28. The Kier molecular flexibility index (Phi) is 3.74. The molecule has 8 heteroatoms. The van der Waals surface area contributed by atoms with E-state index in [0.29, 0.717) is 5.69 Å². The van der Waals surface area contributed by atoms with E-state index >= 15 is 0 Å². The van der Waals surface area contributed by atoms with Crippen LogP contribution in [0.5, 0.6) is 0 Å². The molecule has 0 atom stereocenters. The molecule has 0 radical (unpaired) electrons. The molecule has 16 heavy (non-hydrogen) atoms. The van der Waals surface area contributed by atoms with E-state index in [1.54, 1.807) is 0 Å². The molecule has 1 aromatic carbocycles. The third kappa shape index (κ3) is 4.05. The Labute approximate surface area is 98.0 Å². The van der Waals surface area contributed by atoms with Crippen molar-refractivity contribution in [3.8, 4) is 0 Å². The molecule has 1 aromatic rings. The Morgan fingerprint density at radius 1 is 1.44 bits per heavy atom. The van der Waals surface area contributed by atoms with Gasteiger partial charge in [-0.05, 0) is 18.2 Å². The molecule has 0 aliphatic carbocycles. The zero-order valence-electron chi connectivity index (χ0n) is 8.32. The van der Waals surface area contributed by atoms with Gasteiger partial charge in [0.2, 0.25) is 5.91 Å². The lowest BCUT2D eigenvalue weighted by molar-refractivity contribution is -0.114. The predicted molar refractivity (Wildman–Crippen MR) is 62.5 cm³/mol. The predicted octanol–water partition coefficient (Wildman–Crippen LogP) is 0.914. The topological polar surface area (TPSA) is 101 Å². The fourth-order valence-electron chi connectivity index (χ4n) is 1.03. The van der Waals surface area contributed by atoms with Gasteiger partial charge in [-0.15, -0.1) is 0 Å². The Morgan fingerprint density at radius 3 is 2.50 bits per heavy atom. The van der Waals surface area contributed by atoms with Gasteiger partial charge in [0.1, 0.15) is 0 Å². The summed E-state index contributed by atoms with van der Waals surface area (Å²) in [6.07, 6.45) is 0. The Bertz CT molecular complexity index is 515. The largest absolute Gasteiger partial charge is 0.325 e. The first-order valence-electron chi connectivity index (χ1n) is 4.15. The van der Waals surface area contributed by atoms with Gasteiger partial charge in [-0.25, -0.2) is 5.14 Å². The van der Waals surface area contributed by atoms with Crippen molar-refractivity contribution in [3.05, 3.63) is 23.2 Å². The van der Waals surface area contributed by atoms with Crippen LogP contribution in [0, 0.1) is 0 Å². The summed E-state index contributed by atoms with van der Waals surface area (Å²) in [5, 5.41) is 7.48. The molecule has 4 N–H and O–H groups in total. The lowest BCUT2D eigenvalue weighted by Gasteiger charge is -2.08. The van der Waals surface area contributed by atoms with Crippen LogP contribution in [-0.2, 0) is 15.0 Å². The monoisotopic (exact) mass is 263 g/mol. The number of nitrogens with one attached hydrogen (secondary N) is 2. The maximum atomic E-state index is 10.8. The number of hydrogen-bond acceptors (Lipinski definition) is 3. The third-order valence-electron chi connectivity index (χ3n) is 1.54. The van der Waals surface area contributed by atoms with Crippen molar-refractivity contribution in [3.63, 3.8) is 0 Å². The van der Waals surface area contributed by atoms with Crippen LogP contribution in [0.2, 0.25) is 5.02 Å². The van der Waals surface area contributed by atoms with Gasteiger partial charge in [0, 0.05) is 6.92 Å². The first-order valence-corrected chi connectivity index (χ1v) is 6.08. The van der Waals surface area contributed by atoms with E-state index in [-0.39, 0.29) is 16.6 Å². The number of rotatable bonds is 3. The van der Waals surface area contributed by atoms with E-state index < -0.39 is 10.2 Å². The molecule has 0 unspecified atom stereocenters. The molecule has 0 aliphatic rings. The zero-order chi connectivity index (χ0) is 12.3. The van der Waals surface area contributed by atoms with Gasteiger partial charge in [-0.3, -0.25) is 9.52 Å². The van der Waals surface area contributed by atoms with Crippen LogP contribution < -0.4 is 15.2 Å². The van der Waals surface area contributed by atoms with E-state index in [0.717, 1.165) is 0 Å². The Balaban J connectivity index is 2.95. The average Bonchev–Trinajstić information content (AvgIpc) is 2.06. The Hall–Kier alpha value is -1.31. The zero-order valence-corrected chi connectivity index (χ0v) is 9.89. The average molecular weight is 264 g/mol. The number of hydrogen-bond donors (Lipinski definition) is 3. The second-order valence-corrected chi connectivity index (χ2v) is 4.72. The van der Waals surface area contributed by atoms with Crippen LogP contribution in [0.25, 0.3) is 0 Å². The van der Waals surface area contributed by atoms with Crippen molar-refractivity contribution >= 4 is 39.1 Å². The number of carbonyl (C=O) groups excluding carboxylic acids is 1. The highest BCUT2D eigenvalue weighted by Gasteiger charge is 2.06. The highest BCUT2D eigenvalue weighted by atomic mass is 35.5. The van der Waals surface area contributed by atoms with Crippen LogP contribution in [0.1, 0.15) is 6.92 Å². The van der Waals surface area contributed by atoms with Crippen molar-refractivity contribution in [1.29, 1.82) is 0 Å². The van der Waals surface area contributed by atoms with Gasteiger partial charge in [0.05, 0.1) is 16.4 Å². The molecule has 6 nitrogen and oxygen atoms in total. The summed E-state index contributed by atoms with van der Waals surface area (Å²) in [5.41, 5.74) is 0.621. The summed E-state index contributed by atoms with van der Waals surface area (Å²) < 4.78 is 23.5. The van der Waals surface area contributed by atoms with Crippen molar-refractivity contribution in [2.45, 2.75) is 6.92 Å². The maximum absolute atomic E-state index is 10.8. The van der Waals surface area contributed by atoms with Gasteiger partial charge in [-0.1, -0.05) is 11.6 Å². The molecule has 0 spiro atoms. The SMILES string of the molecule is CC(=O)Nc1ccc(NS(N)(=O)=O)cc1Cl. The maximum Gasteiger partial charge on any atom is 0.296 e. The smallest absolute Gasteiger partial charge is 0.296 e. The third-order valence-corrected chi connectivity index (χ3v) is 2.37. The molecular weight excluding hydrogens is 254 g/mol. The van der Waals surface area contributed by atoms with E-state index in [4.69, 9.17) is 16.7 Å². The van der Waals surface area contributed by atoms with Crippen LogP contribution in [0.3, 0.4) is 0 Å². The molecule has 0 fully saturated rings. The second kappa shape index (κ2) is 4.69. The molecule has 88 valence electrons. The normalized spacial score (nSPS) is 10.9. The minimum Gasteiger partial charge on any atom is -0.325 e. The molecule has 0 bridgehead atoms. The summed E-state index contributed by atoms with van der Waals surface area (Å²) in [6.45, 7) is 1.34. The number of anilines is 2. The van der Waals surface area contributed by atoms with Gasteiger partial charge in [0.15, 0.2) is 0 Å². The lowest BCUT2D eigenvalue weighted by Crippen LogP contribution is -2.21. The number of benzene rings is 1. The van der Waals surface area contributed by atoms with E-state index in [1.165, 1.54) is 25.1 Å². The summed E-state index contributed by atoms with van der Waals surface area (Å²) in [7, 11) is -3.83. The summed E-state index contributed by atoms with van der Waals surface area (Å²) in [5.74, 6) is -0.269. The molecule has 1 rings (SSSR count). The van der Waals surface area contributed by atoms with Gasteiger partial charge in [-0.2, -0.15) is 8.42 Å². The molecule has 0 aliphatic heterocycles. The van der Waals surface area contributed by atoms with E-state index in [2.05, 4.69) is 10.0 Å². The lowest BCUT2D eigenvalue weighted by atomic mass is 10.3. The quantitative estimate of drug-likeness (QED) is 0.755. The number of nitrogens with two attached hydrogens (primary N) is 1. The van der Waals surface area contributed by atoms with Crippen LogP contribution in [0.15, 0.2) is 18.2 Å². The number of amides is 1. The Morgan fingerprint density at radius 2 is 2.06 bits per heavy atom. The molecule has 1 amide bonds. The van der Waals surface area contributed by atoms with E-state index in [1.807, 2.05) is 0 Å². The minimum absolute atomic E-state index is 0.212. The highest BCUT2D eigenvalue weighted by Crippen LogP contribution is 2.25. The van der Waals surface area contributed by atoms with Crippen molar-refractivity contribution in [2.75, 3.05) is 10.0 Å².